The number of sulfonamides is 1. The van der Waals surface area contributed by atoms with Crippen molar-refractivity contribution in [1.82, 2.24) is 9.78 Å². The maximum absolute atomic E-state index is 15.2. The predicted molar refractivity (Wildman–Crippen MR) is 145 cm³/mol. The Labute approximate surface area is 231 Å². The van der Waals surface area contributed by atoms with Gasteiger partial charge in [0.2, 0.25) is 15.8 Å². The molecule has 1 aromatic heterocycles. The van der Waals surface area contributed by atoms with E-state index in [0.29, 0.717) is 22.3 Å². The van der Waals surface area contributed by atoms with Gasteiger partial charge in [-0.05, 0) is 60.0 Å². The second kappa shape index (κ2) is 10.0. The number of rotatable bonds is 7. The summed E-state index contributed by atoms with van der Waals surface area (Å²) >= 11 is 6.21. The topological polar surface area (TPSA) is 116 Å². The highest BCUT2D eigenvalue weighted by Crippen LogP contribution is 2.36. The monoisotopic (exact) mass is 588 g/mol. The largest absolute Gasteiger partial charge is 0.454 e. The lowest BCUT2D eigenvalue weighted by Crippen LogP contribution is -2.10. The molecular weight excluding hydrogens is 569 g/mol. The summed E-state index contributed by atoms with van der Waals surface area (Å²) in [6, 6.07) is 8.86. The van der Waals surface area contributed by atoms with E-state index in [0.717, 1.165) is 23.1 Å². The van der Waals surface area contributed by atoms with Gasteiger partial charge in [0, 0.05) is 18.1 Å². The molecule has 1 aliphatic rings. The molecule has 3 aromatic carbocycles. The molecule has 206 valence electrons. The number of Topliss-reactive ketones (excluding diaryl/α,β-unsaturated/α-hetero) is 1. The minimum Gasteiger partial charge on any atom is -0.454 e. The van der Waals surface area contributed by atoms with Gasteiger partial charge >= 0.3 is 0 Å². The van der Waals surface area contributed by atoms with Crippen molar-refractivity contribution >= 4 is 45.0 Å². The van der Waals surface area contributed by atoms with Crippen LogP contribution in [0.4, 0.5) is 24.7 Å². The molecule has 0 saturated carbocycles. The number of carbonyl (C=O) groups excluding carboxylic acids is 1. The number of nitrogen functional groups attached to an aromatic ring is 1. The fourth-order valence-corrected chi connectivity index (χ4v) is 5.25. The standard InChI is InChI=1S/C27H20ClF3N4O4S/c1-13-6-17(39-23-5-3-4-20(29)24(23)31)11-21(30)25(13)35-27(32)18(12-33-35)26(36)16-7-14-9-19(28)22(10-15(14)8-16)34-40(2,37)38/h3-6,8-12,34H,7,32H2,1-2H3. The van der Waals surface area contributed by atoms with Crippen LogP contribution in [0.25, 0.3) is 11.8 Å². The maximum atomic E-state index is 15.2. The van der Waals surface area contributed by atoms with E-state index in [4.69, 9.17) is 22.1 Å². The molecule has 0 saturated heterocycles. The lowest BCUT2D eigenvalue weighted by Gasteiger charge is -2.13. The number of fused-ring (bicyclic) bond motifs is 1. The number of hydrogen-bond acceptors (Lipinski definition) is 6. The first kappa shape index (κ1) is 27.3. The summed E-state index contributed by atoms with van der Waals surface area (Å²) in [5.74, 6) is -4.21. The van der Waals surface area contributed by atoms with Crippen molar-refractivity contribution in [3.05, 3.63) is 99.0 Å². The number of nitrogens with two attached hydrogens (primary N) is 1. The molecule has 40 heavy (non-hydrogen) atoms. The van der Waals surface area contributed by atoms with Crippen LogP contribution in [0, 0.1) is 24.4 Å². The van der Waals surface area contributed by atoms with E-state index in [2.05, 4.69) is 9.82 Å². The smallest absolute Gasteiger partial charge is 0.229 e. The van der Waals surface area contributed by atoms with E-state index >= 15 is 4.39 Å². The zero-order valence-corrected chi connectivity index (χ0v) is 22.5. The summed E-state index contributed by atoms with van der Waals surface area (Å²) in [6.07, 6.45) is 4.03. The molecule has 8 nitrogen and oxygen atoms in total. The third-order valence-corrected chi connectivity index (χ3v) is 7.06. The average Bonchev–Trinajstić information content (AvgIpc) is 3.44. The van der Waals surface area contributed by atoms with Crippen LogP contribution in [-0.2, 0) is 16.4 Å². The molecule has 3 N–H and O–H groups in total. The van der Waals surface area contributed by atoms with Gasteiger partial charge in [0.25, 0.3) is 0 Å². The average molecular weight is 589 g/mol. The van der Waals surface area contributed by atoms with E-state index in [-0.39, 0.29) is 39.9 Å². The first-order valence-corrected chi connectivity index (χ1v) is 13.9. The number of carbonyl (C=O) groups is 1. The van der Waals surface area contributed by atoms with Crippen LogP contribution in [0.5, 0.6) is 11.5 Å². The number of hydrogen-bond donors (Lipinski definition) is 2. The summed E-state index contributed by atoms with van der Waals surface area (Å²) in [4.78, 5) is 13.3. The first-order valence-electron chi connectivity index (χ1n) is 11.6. The molecule has 0 atom stereocenters. The summed E-state index contributed by atoms with van der Waals surface area (Å²) in [7, 11) is -3.57. The minimum absolute atomic E-state index is 0.0283. The van der Waals surface area contributed by atoms with E-state index < -0.39 is 39.0 Å². The lowest BCUT2D eigenvalue weighted by atomic mass is 10.0. The predicted octanol–water partition coefficient (Wildman–Crippen LogP) is 5.82. The van der Waals surface area contributed by atoms with Crippen LogP contribution in [0.2, 0.25) is 5.02 Å². The van der Waals surface area contributed by atoms with E-state index in [1.54, 1.807) is 12.1 Å². The Morgan fingerprint density at radius 3 is 2.60 bits per heavy atom. The fraction of sp³-hybridized carbons (Fsp3) is 0.111. The SMILES string of the molecule is Cc1cc(Oc2cccc(F)c2F)cc(F)c1-n1ncc(C(=O)C2=Cc3cc(NS(C)(=O)=O)c(Cl)cc3C2)c1N. The summed E-state index contributed by atoms with van der Waals surface area (Å²) in [5.41, 5.74) is 8.35. The van der Waals surface area contributed by atoms with E-state index in [1.807, 2.05) is 0 Å². The van der Waals surface area contributed by atoms with Crippen molar-refractivity contribution < 1.29 is 31.1 Å². The van der Waals surface area contributed by atoms with Gasteiger partial charge in [0.15, 0.2) is 23.2 Å². The number of halogens is 4. The number of ketones is 1. The van der Waals surface area contributed by atoms with Crippen LogP contribution in [0.15, 0.2) is 54.2 Å². The number of aryl methyl sites for hydroxylation is 1. The van der Waals surface area contributed by atoms with E-state index in [9.17, 15) is 22.0 Å². The van der Waals surface area contributed by atoms with Gasteiger partial charge < -0.3 is 10.5 Å². The number of ether oxygens (including phenoxy) is 1. The fourth-order valence-electron chi connectivity index (χ4n) is 4.39. The Bertz CT molecular complexity index is 1830. The van der Waals surface area contributed by atoms with Crippen molar-refractivity contribution in [2.45, 2.75) is 13.3 Å². The maximum Gasteiger partial charge on any atom is 0.229 e. The van der Waals surface area contributed by atoms with Gasteiger partial charge in [-0.1, -0.05) is 17.7 Å². The quantitative estimate of drug-likeness (QED) is 0.263. The van der Waals surface area contributed by atoms with Crippen molar-refractivity contribution in [3.8, 4) is 17.2 Å². The van der Waals surface area contributed by atoms with Crippen molar-refractivity contribution in [3.63, 3.8) is 0 Å². The number of anilines is 2. The summed E-state index contributed by atoms with van der Waals surface area (Å²) in [5, 5.41) is 4.29. The van der Waals surface area contributed by atoms with Gasteiger partial charge in [0.1, 0.15) is 17.3 Å². The molecule has 0 amide bonds. The molecule has 0 bridgehead atoms. The van der Waals surface area contributed by atoms with Crippen LogP contribution in [-0.4, -0.2) is 30.2 Å². The molecule has 1 aliphatic carbocycles. The third kappa shape index (κ3) is 5.15. The highest BCUT2D eigenvalue weighted by atomic mass is 35.5. The summed E-state index contributed by atoms with van der Waals surface area (Å²) in [6.45, 7) is 1.54. The number of nitrogens with one attached hydrogen (secondary N) is 1. The van der Waals surface area contributed by atoms with Gasteiger partial charge in [-0.3, -0.25) is 9.52 Å². The van der Waals surface area contributed by atoms with Crippen LogP contribution in [0.3, 0.4) is 0 Å². The van der Waals surface area contributed by atoms with Crippen molar-refractivity contribution in [2.75, 3.05) is 16.7 Å². The second-order valence-electron chi connectivity index (χ2n) is 9.16. The summed E-state index contributed by atoms with van der Waals surface area (Å²) < 4.78 is 74.7. The Morgan fingerprint density at radius 1 is 1.15 bits per heavy atom. The molecular formula is C27H20ClF3N4O4S. The zero-order valence-electron chi connectivity index (χ0n) is 20.9. The number of benzene rings is 3. The molecule has 13 heteroatoms. The molecule has 0 spiro atoms. The van der Waals surface area contributed by atoms with Crippen LogP contribution in [0.1, 0.15) is 27.0 Å². The normalized spacial score (nSPS) is 12.7. The molecule has 4 aromatic rings. The van der Waals surface area contributed by atoms with Crippen molar-refractivity contribution in [1.29, 1.82) is 0 Å². The van der Waals surface area contributed by atoms with Crippen molar-refractivity contribution in [2.24, 2.45) is 0 Å². The lowest BCUT2D eigenvalue weighted by molar-refractivity contribution is 0.103. The molecule has 1 heterocycles. The molecule has 0 fully saturated rings. The number of allylic oxidation sites excluding steroid dienone is 1. The highest BCUT2D eigenvalue weighted by Gasteiger charge is 2.26. The Balaban J connectivity index is 1.42. The number of aromatic nitrogens is 2. The first-order chi connectivity index (χ1) is 18.8. The van der Waals surface area contributed by atoms with Crippen LogP contribution >= 0.6 is 11.6 Å². The van der Waals surface area contributed by atoms with Gasteiger partial charge in [0.05, 0.1) is 28.7 Å². The van der Waals surface area contributed by atoms with Gasteiger partial charge in [-0.2, -0.15) is 9.49 Å². The number of nitrogens with zero attached hydrogens (tertiary/aromatic N) is 2. The molecule has 0 unspecified atom stereocenters. The third-order valence-electron chi connectivity index (χ3n) is 6.16. The highest BCUT2D eigenvalue weighted by molar-refractivity contribution is 7.92. The second-order valence-corrected chi connectivity index (χ2v) is 11.3. The zero-order chi connectivity index (χ0) is 28.9. The van der Waals surface area contributed by atoms with E-state index in [1.165, 1.54) is 37.4 Å². The van der Waals surface area contributed by atoms with Gasteiger partial charge in [-0.15, -0.1) is 0 Å². The Hall–Kier alpha value is -4.29. The minimum atomic E-state index is -3.57. The molecule has 0 aliphatic heterocycles. The molecule has 0 radical (unpaired) electrons. The van der Waals surface area contributed by atoms with Gasteiger partial charge in [-0.25, -0.2) is 21.9 Å². The Kier molecular flexibility index (Phi) is 6.84. The van der Waals surface area contributed by atoms with Crippen LogP contribution < -0.4 is 15.2 Å². The Morgan fingerprint density at radius 2 is 1.90 bits per heavy atom. The molecule has 5 rings (SSSR count).